The van der Waals surface area contributed by atoms with E-state index in [1.807, 2.05) is 0 Å². The Morgan fingerprint density at radius 1 is 1.05 bits per heavy atom. The van der Waals surface area contributed by atoms with E-state index in [-0.39, 0.29) is 6.61 Å². The Hall–Kier alpha value is -0.860. The largest absolute Gasteiger partial charge is 0.396 e. The van der Waals surface area contributed by atoms with Crippen molar-refractivity contribution in [3.8, 4) is 0 Å². The van der Waals surface area contributed by atoms with E-state index < -0.39 is 0 Å². The maximum absolute atomic E-state index is 9.35. The van der Waals surface area contributed by atoms with Crippen LogP contribution < -0.4 is 5.32 Å². The molecule has 19 heavy (non-hydrogen) atoms. The van der Waals surface area contributed by atoms with Crippen LogP contribution >= 0.6 is 0 Å². The average Bonchev–Trinajstić information content (AvgIpc) is 2.35. The van der Waals surface area contributed by atoms with E-state index in [1.54, 1.807) is 0 Å². The zero-order valence-corrected chi connectivity index (χ0v) is 13.3. The van der Waals surface area contributed by atoms with Crippen LogP contribution in [0.25, 0.3) is 0 Å². The fourth-order valence-electron chi connectivity index (χ4n) is 2.46. The minimum absolute atomic E-state index is 0.259. The Kier molecular flexibility index (Phi) is 6.02. The van der Waals surface area contributed by atoms with Crippen LogP contribution in [0.3, 0.4) is 0 Å². The first kappa shape index (κ1) is 16.2. The second-order valence-electron chi connectivity index (χ2n) is 6.06. The highest BCUT2D eigenvalue weighted by Gasteiger charge is 2.13. The highest BCUT2D eigenvalue weighted by molar-refractivity contribution is 5.43. The van der Waals surface area contributed by atoms with Crippen molar-refractivity contribution in [2.45, 2.75) is 48.1 Å². The highest BCUT2D eigenvalue weighted by atomic mass is 16.3. The number of rotatable bonds is 6. The molecular formula is C17H29NO. The van der Waals surface area contributed by atoms with Gasteiger partial charge in [-0.3, -0.25) is 0 Å². The van der Waals surface area contributed by atoms with Crippen molar-refractivity contribution in [1.82, 2.24) is 5.32 Å². The van der Waals surface area contributed by atoms with Crippen LogP contribution in [0.15, 0.2) is 6.07 Å². The Labute approximate surface area is 118 Å². The molecule has 108 valence electrons. The molecule has 0 amide bonds. The fourth-order valence-corrected chi connectivity index (χ4v) is 2.46. The van der Waals surface area contributed by atoms with E-state index in [4.69, 9.17) is 0 Å². The number of hydrogen-bond donors (Lipinski definition) is 2. The summed E-state index contributed by atoms with van der Waals surface area (Å²) in [5, 5.41) is 12.9. The summed E-state index contributed by atoms with van der Waals surface area (Å²) in [5.41, 5.74) is 6.92. The summed E-state index contributed by atoms with van der Waals surface area (Å²) >= 11 is 0. The molecular weight excluding hydrogens is 234 g/mol. The number of benzene rings is 1. The van der Waals surface area contributed by atoms with E-state index in [1.165, 1.54) is 27.8 Å². The molecule has 0 aromatic heterocycles. The third kappa shape index (κ3) is 4.05. The summed E-state index contributed by atoms with van der Waals surface area (Å²) in [6.45, 7) is 15.1. The molecule has 0 saturated carbocycles. The molecule has 1 unspecified atom stereocenters. The Morgan fingerprint density at radius 3 is 2.00 bits per heavy atom. The van der Waals surface area contributed by atoms with Crippen LogP contribution in [0, 0.1) is 39.5 Å². The number of aliphatic hydroxyl groups is 1. The van der Waals surface area contributed by atoms with Crippen LogP contribution in [0.2, 0.25) is 0 Å². The second kappa shape index (κ2) is 7.06. The Morgan fingerprint density at radius 2 is 1.58 bits per heavy atom. The summed E-state index contributed by atoms with van der Waals surface area (Å²) in [6.07, 6.45) is 0. The third-order valence-corrected chi connectivity index (χ3v) is 4.41. The molecule has 0 spiro atoms. The summed E-state index contributed by atoms with van der Waals surface area (Å²) in [5.74, 6) is 0.852. The van der Waals surface area contributed by atoms with Gasteiger partial charge in [0.05, 0.1) is 0 Å². The maximum atomic E-state index is 9.35. The molecule has 1 rings (SSSR count). The van der Waals surface area contributed by atoms with Gasteiger partial charge >= 0.3 is 0 Å². The lowest BCUT2D eigenvalue weighted by molar-refractivity contribution is 0.186. The predicted molar refractivity (Wildman–Crippen MR) is 82.5 cm³/mol. The first-order valence-corrected chi connectivity index (χ1v) is 7.26. The van der Waals surface area contributed by atoms with E-state index >= 15 is 0 Å². The number of hydrogen-bond acceptors (Lipinski definition) is 2. The zero-order chi connectivity index (χ0) is 14.6. The van der Waals surface area contributed by atoms with Gasteiger partial charge in [0.15, 0.2) is 0 Å². The molecule has 2 N–H and O–H groups in total. The molecule has 2 nitrogen and oxygen atoms in total. The normalized spacial score (nSPS) is 13.1. The average molecular weight is 263 g/mol. The summed E-state index contributed by atoms with van der Waals surface area (Å²) < 4.78 is 0. The molecule has 0 fully saturated rings. The first-order valence-electron chi connectivity index (χ1n) is 7.26. The van der Waals surface area contributed by atoms with Crippen molar-refractivity contribution in [1.29, 1.82) is 0 Å². The smallest absolute Gasteiger partial charge is 0.0473 e. The SMILES string of the molecule is Cc1cc(C)c(C)c(CNCC(CO)C(C)C)c1C. The van der Waals surface area contributed by atoms with Gasteiger partial charge in [0, 0.05) is 19.7 Å². The Bertz CT molecular complexity index is 398. The summed E-state index contributed by atoms with van der Waals surface area (Å²) in [6, 6.07) is 2.26. The Balaban J connectivity index is 2.73. The maximum Gasteiger partial charge on any atom is 0.0473 e. The van der Waals surface area contributed by atoms with Crippen molar-refractivity contribution in [3.05, 3.63) is 33.9 Å². The van der Waals surface area contributed by atoms with Crippen molar-refractivity contribution in [3.63, 3.8) is 0 Å². The summed E-state index contributed by atoms with van der Waals surface area (Å²) in [7, 11) is 0. The van der Waals surface area contributed by atoms with Gasteiger partial charge in [-0.25, -0.2) is 0 Å². The van der Waals surface area contributed by atoms with Gasteiger partial charge in [0.1, 0.15) is 0 Å². The van der Waals surface area contributed by atoms with E-state index in [0.717, 1.165) is 13.1 Å². The van der Waals surface area contributed by atoms with Gasteiger partial charge in [-0.2, -0.15) is 0 Å². The molecule has 1 atom stereocenters. The lowest BCUT2D eigenvalue weighted by Gasteiger charge is -2.20. The monoisotopic (exact) mass is 263 g/mol. The van der Waals surface area contributed by atoms with E-state index in [2.05, 4.69) is 52.9 Å². The van der Waals surface area contributed by atoms with Crippen LogP contribution in [0.1, 0.15) is 41.7 Å². The van der Waals surface area contributed by atoms with Crippen molar-refractivity contribution < 1.29 is 5.11 Å². The predicted octanol–water partition coefficient (Wildman–Crippen LogP) is 3.27. The molecule has 1 aromatic rings. The first-order chi connectivity index (χ1) is 8.88. The van der Waals surface area contributed by atoms with Crippen LogP contribution in [0.4, 0.5) is 0 Å². The number of aryl methyl sites for hydroxylation is 2. The van der Waals surface area contributed by atoms with Gasteiger partial charge in [-0.1, -0.05) is 19.9 Å². The number of nitrogens with one attached hydrogen (secondary N) is 1. The van der Waals surface area contributed by atoms with Gasteiger partial charge in [-0.05, 0) is 67.3 Å². The molecule has 0 aliphatic heterocycles. The number of aliphatic hydroxyl groups excluding tert-OH is 1. The van der Waals surface area contributed by atoms with Gasteiger partial charge < -0.3 is 10.4 Å². The van der Waals surface area contributed by atoms with Crippen LogP contribution in [-0.4, -0.2) is 18.3 Å². The molecule has 0 radical (unpaired) electrons. The third-order valence-electron chi connectivity index (χ3n) is 4.41. The molecule has 0 bridgehead atoms. The summed E-state index contributed by atoms with van der Waals surface area (Å²) in [4.78, 5) is 0. The topological polar surface area (TPSA) is 32.3 Å². The van der Waals surface area contributed by atoms with Gasteiger partial charge in [0.25, 0.3) is 0 Å². The van der Waals surface area contributed by atoms with Gasteiger partial charge in [-0.15, -0.1) is 0 Å². The molecule has 0 heterocycles. The van der Waals surface area contributed by atoms with Crippen LogP contribution in [0.5, 0.6) is 0 Å². The van der Waals surface area contributed by atoms with Crippen molar-refractivity contribution in [2.75, 3.05) is 13.2 Å². The fraction of sp³-hybridized carbons (Fsp3) is 0.647. The second-order valence-corrected chi connectivity index (χ2v) is 6.06. The standard InChI is InChI=1S/C17H29NO/c1-11(2)16(10-19)8-18-9-17-14(5)12(3)7-13(4)15(17)6/h7,11,16,18-19H,8-10H2,1-6H3. The quantitative estimate of drug-likeness (QED) is 0.825. The molecule has 0 saturated heterocycles. The molecule has 1 aromatic carbocycles. The molecule has 0 aliphatic carbocycles. The minimum Gasteiger partial charge on any atom is -0.396 e. The lowest BCUT2D eigenvalue weighted by atomic mass is 9.93. The van der Waals surface area contributed by atoms with Crippen molar-refractivity contribution in [2.24, 2.45) is 11.8 Å². The van der Waals surface area contributed by atoms with E-state index in [0.29, 0.717) is 11.8 Å². The molecule has 2 heteroatoms. The lowest BCUT2D eigenvalue weighted by Crippen LogP contribution is -2.29. The van der Waals surface area contributed by atoms with E-state index in [9.17, 15) is 5.11 Å². The molecule has 0 aliphatic rings. The minimum atomic E-state index is 0.259. The van der Waals surface area contributed by atoms with Gasteiger partial charge in [0.2, 0.25) is 0 Å². The zero-order valence-electron chi connectivity index (χ0n) is 13.3. The van der Waals surface area contributed by atoms with Crippen LogP contribution in [-0.2, 0) is 6.54 Å². The van der Waals surface area contributed by atoms with Crippen molar-refractivity contribution >= 4 is 0 Å². The highest BCUT2D eigenvalue weighted by Crippen LogP contribution is 2.21.